The number of aryl methyl sites for hydroxylation is 1. The minimum Gasteiger partial charge on any atom is -0.494 e. The summed E-state index contributed by atoms with van der Waals surface area (Å²) in [6.07, 6.45) is -2.92. The Labute approximate surface area is 263 Å². The third-order valence-corrected chi connectivity index (χ3v) is 7.79. The quantitative estimate of drug-likeness (QED) is 0.0953. The number of hydrogen-bond donors (Lipinski definition) is 0. The normalized spacial score (nSPS) is 13.5. The molecule has 0 unspecified atom stereocenters. The van der Waals surface area contributed by atoms with E-state index in [-0.39, 0.29) is 13.1 Å². The molecule has 10 heteroatoms. The smallest absolute Gasteiger partial charge is 0.401 e. The second-order valence-corrected chi connectivity index (χ2v) is 12.2. The van der Waals surface area contributed by atoms with E-state index in [1.54, 1.807) is 25.1 Å². The number of ether oxygens (including phenoxy) is 2. The Bertz CT molecular complexity index is 1210. The van der Waals surface area contributed by atoms with Crippen LogP contribution < -0.4 is 4.74 Å². The van der Waals surface area contributed by atoms with Crippen LogP contribution in [0.3, 0.4) is 0 Å². The molecule has 0 fully saturated rings. The first-order valence-corrected chi connectivity index (χ1v) is 15.6. The van der Waals surface area contributed by atoms with E-state index in [0.29, 0.717) is 34.8 Å². The summed E-state index contributed by atoms with van der Waals surface area (Å²) in [5.41, 5.74) is 2.77. The van der Waals surface area contributed by atoms with E-state index in [0.717, 1.165) is 34.3 Å². The number of benzene rings is 1. The van der Waals surface area contributed by atoms with Gasteiger partial charge in [0.25, 0.3) is 0 Å². The van der Waals surface area contributed by atoms with Crippen LogP contribution in [0.4, 0.5) is 26.3 Å². The van der Waals surface area contributed by atoms with Gasteiger partial charge in [0, 0.05) is 18.8 Å². The van der Waals surface area contributed by atoms with Gasteiger partial charge in [0.05, 0.1) is 19.6 Å². The molecule has 0 amide bonds. The molecule has 0 aliphatic carbocycles. The summed E-state index contributed by atoms with van der Waals surface area (Å²) >= 11 is 1.34. The standard InChI is InChI=1S/C34H47F6NO2S/c1-10-14-31(42-12-3)32(8,9)43-29-17-16-27(19-25(29)6)20-41(23-34(38,39)40)21-30(24(4)5)44-22-26(7)28(11-2)15-13-18-33(35,36)37/h11,13-17,19H,7,10,12,18,20-23H2,1-6,8-9H3/b15-13-,28-11+,31-14?. The molecule has 0 aliphatic heterocycles. The Morgan fingerprint density at radius 3 is 2.20 bits per heavy atom. The van der Waals surface area contributed by atoms with Crippen LogP contribution in [0.5, 0.6) is 5.75 Å². The topological polar surface area (TPSA) is 21.7 Å². The zero-order valence-corrected chi connectivity index (χ0v) is 28.0. The molecule has 0 saturated heterocycles. The van der Waals surface area contributed by atoms with Crippen molar-refractivity contribution in [2.75, 3.05) is 25.4 Å². The van der Waals surface area contributed by atoms with E-state index >= 15 is 0 Å². The molecule has 1 aromatic rings. The maximum atomic E-state index is 13.6. The summed E-state index contributed by atoms with van der Waals surface area (Å²) in [5.74, 6) is 1.66. The van der Waals surface area contributed by atoms with Gasteiger partial charge in [-0.1, -0.05) is 49.4 Å². The highest BCUT2D eigenvalue weighted by Gasteiger charge is 2.32. The van der Waals surface area contributed by atoms with E-state index in [9.17, 15) is 26.3 Å². The minimum absolute atomic E-state index is 0.0543. The number of halogens is 6. The van der Waals surface area contributed by atoms with Gasteiger partial charge in [0.1, 0.15) is 11.5 Å². The Kier molecular flexibility index (Phi) is 15.9. The van der Waals surface area contributed by atoms with Gasteiger partial charge in [-0.3, -0.25) is 4.90 Å². The van der Waals surface area contributed by atoms with Crippen LogP contribution >= 0.6 is 11.8 Å². The van der Waals surface area contributed by atoms with Gasteiger partial charge in [-0.2, -0.15) is 26.3 Å². The highest BCUT2D eigenvalue weighted by atomic mass is 32.2. The number of rotatable bonds is 17. The predicted molar refractivity (Wildman–Crippen MR) is 171 cm³/mol. The minimum atomic E-state index is -4.41. The van der Waals surface area contributed by atoms with Gasteiger partial charge < -0.3 is 9.47 Å². The van der Waals surface area contributed by atoms with Crippen LogP contribution in [0.25, 0.3) is 0 Å². The van der Waals surface area contributed by atoms with Crippen molar-refractivity contribution in [2.45, 2.75) is 92.7 Å². The molecule has 0 heterocycles. The zero-order valence-electron chi connectivity index (χ0n) is 27.1. The van der Waals surface area contributed by atoms with Gasteiger partial charge in [0.2, 0.25) is 0 Å². The molecule has 0 aromatic heterocycles. The molecule has 248 valence electrons. The molecule has 3 nitrogen and oxygen atoms in total. The first-order valence-electron chi connectivity index (χ1n) is 14.6. The average molecular weight is 648 g/mol. The van der Waals surface area contributed by atoms with Crippen molar-refractivity contribution in [3.8, 4) is 5.75 Å². The fraction of sp³-hybridized carbons (Fsp3) is 0.529. The molecular formula is C34H47F6NO2S. The van der Waals surface area contributed by atoms with Crippen molar-refractivity contribution >= 4 is 11.8 Å². The zero-order chi connectivity index (χ0) is 33.7. The maximum Gasteiger partial charge on any atom is 0.401 e. The van der Waals surface area contributed by atoms with Crippen LogP contribution in [0.2, 0.25) is 0 Å². The third-order valence-electron chi connectivity index (χ3n) is 6.41. The number of nitrogens with zero attached hydrogens (tertiary/aromatic N) is 1. The molecule has 0 aliphatic rings. The van der Waals surface area contributed by atoms with Gasteiger partial charge >= 0.3 is 12.4 Å². The third kappa shape index (κ3) is 14.9. The fourth-order valence-corrected chi connectivity index (χ4v) is 5.37. The first-order chi connectivity index (χ1) is 20.3. The lowest BCUT2D eigenvalue weighted by Crippen LogP contribution is -2.35. The molecular weight excluding hydrogens is 600 g/mol. The second kappa shape index (κ2) is 17.8. The Hall–Kier alpha value is -2.59. The molecule has 0 radical (unpaired) electrons. The largest absolute Gasteiger partial charge is 0.494 e. The predicted octanol–water partition coefficient (Wildman–Crippen LogP) is 10.9. The van der Waals surface area contributed by atoms with Crippen LogP contribution in [-0.2, 0) is 11.3 Å². The first kappa shape index (κ1) is 39.4. The molecule has 0 saturated carbocycles. The fourth-order valence-electron chi connectivity index (χ4n) is 4.29. The highest BCUT2D eigenvalue weighted by molar-refractivity contribution is 8.03. The lowest BCUT2D eigenvalue weighted by atomic mass is 10.0. The highest BCUT2D eigenvalue weighted by Crippen LogP contribution is 2.31. The van der Waals surface area contributed by atoms with Crippen molar-refractivity contribution in [2.24, 2.45) is 0 Å². The number of allylic oxidation sites excluding steroid dienone is 6. The van der Waals surface area contributed by atoms with Crippen LogP contribution in [-0.4, -0.2) is 48.3 Å². The summed E-state index contributed by atoms with van der Waals surface area (Å²) in [6, 6.07) is 5.38. The van der Waals surface area contributed by atoms with Gasteiger partial charge in [0.15, 0.2) is 5.60 Å². The van der Waals surface area contributed by atoms with Crippen molar-refractivity contribution in [3.63, 3.8) is 0 Å². The second-order valence-electron chi connectivity index (χ2n) is 11.2. The van der Waals surface area contributed by atoms with E-state index in [1.165, 1.54) is 22.7 Å². The van der Waals surface area contributed by atoms with Gasteiger partial charge in [-0.05, 0) is 94.2 Å². The monoisotopic (exact) mass is 647 g/mol. The molecule has 0 atom stereocenters. The van der Waals surface area contributed by atoms with Crippen molar-refractivity contribution in [3.05, 3.63) is 87.6 Å². The van der Waals surface area contributed by atoms with Crippen molar-refractivity contribution in [1.29, 1.82) is 0 Å². The molecule has 1 rings (SSSR count). The molecule has 44 heavy (non-hydrogen) atoms. The van der Waals surface area contributed by atoms with Crippen LogP contribution in [0.1, 0.15) is 72.4 Å². The maximum absolute atomic E-state index is 13.6. The lowest BCUT2D eigenvalue weighted by molar-refractivity contribution is -0.146. The lowest BCUT2D eigenvalue weighted by Gasteiger charge is -2.30. The van der Waals surface area contributed by atoms with Crippen molar-refractivity contribution in [1.82, 2.24) is 4.90 Å². The molecule has 0 bridgehead atoms. The number of hydrogen-bond acceptors (Lipinski definition) is 4. The molecule has 0 N–H and O–H groups in total. The summed E-state index contributed by atoms with van der Waals surface area (Å²) in [4.78, 5) is 2.09. The SMILES string of the molecule is C=C(CSC(CN(Cc1ccc(OC(C)(C)C(=CCC)OCC)c(C)c1)CC(F)(F)F)=C(C)C)C(/C=C\CC(F)(F)F)=C/C. The van der Waals surface area contributed by atoms with Crippen LogP contribution in [0, 0.1) is 6.92 Å². The average Bonchev–Trinajstić information content (AvgIpc) is 2.88. The Morgan fingerprint density at radius 2 is 1.70 bits per heavy atom. The van der Waals surface area contributed by atoms with Gasteiger partial charge in [-0.15, -0.1) is 11.8 Å². The summed E-state index contributed by atoms with van der Waals surface area (Å²) in [6.45, 7) is 18.5. The molecule has 0 spiro atoms. The molecule has 1 aromatic carbocycles. The van der Waals surface area contributed by atoms with Crippen molar-refractivity contribution < 1.29 is 35.8 Å². The van der Waals surface area contributed by atoms with E-state index in [1.807, 2.05) is 60.6 Å². The number of thioether (sulfide) groups is 1. The summed E-state index contributed by atoms with van der Waals surface area (Å²) in [5, 5.41) is 0. The van der Waals surface area contributed by atoms with E-state index < -0.39 is 30.9 Å². The summed E-state index contributed by atoms with van der Waals surface area (Å²) in [7, 11) is 0. The van der Waals surface area contributed by atoms with Gasteiger partial charge in [-0.25, -0.2) is 0 Å². The Morgan fingerprint density at radius 1 is 1.05 bits per heavy atom. The van der Waals surface area contributed by atoms with Crippen LogP contribution in [0.15, 0.2) is 76.5 Å². The Balaban J connectivity index is 3.11. The van der Waals surface area contributed by atoms with E-state index in [4.69, 9.17) is 9.47 Å². The number of alkyl halides is 6. The van der Waals surface area contributed by atoms with E-state index in [2.05, 4.69) is 6.58 Å². The summed E-state index contributed by atoms with van der Waals surface area (Å²) < 4.78 is 90.6.